The molecule has 17 heavy (non-hydrogen) atoms. The fraction of sp³-hybridized carbons (Fsp3) is 0.250. The fourth-order valence-corrected chi connectivity index (χ4v) is 1.79. The van der Waals surface area contributed by atoms with Crippen molar-refractivity contribution in [2.24, 2.45) is 0 Å². The quantitative estimate of drug-likeness (QED) is 0.649. The third kappa shape index (κ3) is 4.99. The summed E-state index contributed by atoms with van der Waals surface area (Å²) in [7, 11) is 0. The molecule has 1 rings (SSSR count). The Morgan fingerprint density at radius 1 is 1.47 bits per heavy atom. The van der Waals surface area contributed by atoms with Gasteiger partial charge in [0.05, 0.1) is 5.75 Å². The Kier molecular flexibility index (Phi) is 5.15. The number of nitrogens with one attached hydrogen (secondary N) is 1. The van der Waals surface area contributed by atoms with Crippen LogP contribution >= 0.6 is 11.8 Å². The summed E-state index contributed by atoms with van der Waals surface area (Å²) >= 11 is 1.03. The summed E-state index contributed by atoms with van der Waals surface area (Å²) in [6.07, 6.45) is 0. The summed E-state index contributed by atoms with van der Waals surface area (Å²) in [4.78, 5) is 11.6. The van der Waals surface area contributed by atoms with Crippen molar-refractivity contribution in [2.75, 3.05) is 12.3 Å². The van der Waals surface area contributed by atoms with Crippen molar-refractivity contribution in [1.29, 1.82) is 0 Å². The predicted molar refractivity (Wildman–Crippen MR) is 64.9 cm³/mol. The Hall–Kier alpha value is -1.36. The van der Waals surface area contributed by atoms with Gasteiger partial charge in [-0.05, 0) is 19.1 Å². The highest BCUT2D eigenvalue weighted by molar-refractivity contribution is 8.00. The van der Waals surface area contributed by atoms with Crippen LogP contribution in [0.3, 0.4) is 0 Å². The molecule has 0 aliphatic rings. The zero-order valence-electron chi connectivity index (χ0n) is 9.43. The lowest BCUT2D eigenvalue weighted by Crippen LogP contribution is -2.26. The Morgan fingerprint density at radius 3 is 2.76 bits per heavy atom. The molecule has 2 nitrogen and oxygen atoms in total. The van der Waals surface area contributed by atoms with Gasteiger partial charge < -0.3 is 5.32 Å². The molecule has 0 aliphatic carbocycles. The summed E-state index contributed by atoms with van der Waals surface area (Å²) in [5.74, 6) is -1.39. The molecule has 0 radical (unpaired) electrons. The van der Waals surface area contributed by atoms with Crippen LogP contribution < -0.4 is 5.32 Å². The summed E-state index contributed by atoms with van der Waals surface area (Å²) < 4.78 is 25.8. The number of carbonyl (C=O) groups excluding carboxylic acids is 1. The number of hydrogen-bond acceptors (Lipinski definition) is 2. The lowest BCUT2D eigenvalue weighted by atomic mass is 10.3. The zero-order valence-corrected chi connectivity index (χ0v) is 10.2. The summed E-state index contributed by atoms with van der Waals surface area (Å²) in [6, 6.07) is 3.28. The normalized spacial score (nSPS) is 10.1. The summed E-state index contributed by atoms with van der Waals surface area (Å²) in [6.45, 7) is 5.85. The maximum atomic E-state index is 13.2. The topological polar surface area (TPSA) is 29.1 Å². The molecule has 1 aromatic carbocycles. The first-order valence-electron chi connectivity index (χ1n) is 4.98. The van der Waals surface area contributed by atoms with Crippen LogP contribution in [0.2, 0.25) is 0 Å². The molecule has 0 atom stereocenters. The molecule has 0 unspecified atom stereocenters. The van der Waals surface area contributed by atoms with Crippen molar-refractivity contribution < 1.29 is 13.6 Å². The SMILES string of the molecule is C=C(C)CNC(=O)CSc1ccc(F)cc1F. The van der Waals surface area contributed by atoms with Crippen molar-refractivity contribution in [3.8, 4) is 0 Å². The highest BCUT2D eigenvalue weighted by Gasteiger charge is 2.07. The van der Waals surface area contributed by atoms with Gasteiger partial charge in [0.25, 0.3) is 0 Å². The van der Waals surface area contributed by atoms with Crippen LogP contribution in [-0.2, 0) is 4.79 Å². The number of thioether (sulfide) groups is 1. The average Bonchev–Trinajstić information content (AvgIpc) is 2.25. The molecule has 0 bridgehead atoms. The number of benzene rings is 1. The van der Waals surface area contributed by atoms with Crippen LogP contribution in [-0.4, -0.2) is 18.2 Å². The monoisotopic (exact) mass is 257 g/mol. The minimum absolute atomic E-state index is 0.0931. The number of hydrogen-bond donors (Lipinski definition) is 1. The molecule has 1 N–H and O–H groups in total. The third-order valence-electron chi connectivity index (χ3n) is 1.84. The molecular weight excluding hydrogens is 244 g/mol. The number of amides is 1. The van der Waals surface area contributed by atoms with Crippen LogP contribution in [0.25, 0.3) is 0 Å². The second kappa shape index (κ2) is 6.39. The first-order valence-corrected chi connectivity index (χ1v) is 5.96. The van der Waals surface area contributed by atoms with Gasteiger partial charge in [-0.15, -0.1) is 11.8 Å². The van der Waals surface area contributed by atoms with E-state index in [1.807, 2.05) is 0 Å². The van der Waals surface area contributed by atoms with E-state index in [1.54, 1.807) is 6.92 Å². The van der Waals surface area contributed by atoms with Gasteiger partial charge in [-0.1, -0.05) is 12.2 Å². The maximum Gasteiger partial charge on any atom is 0.230 e. The van der Waals surface area contributed by atoms with E-state index in [4.69, 9.17) is 0 Å². The minimum Gasteiger partial charge on any atom is -0.352 e. The van der Waals surface area contributed by atoms with Crippen molar-refractivity contribution in [3.63, 3.8) is 0 Å². The van der Waals surface area contributed by atoms with Gasteiger partial charge >= 0.3 is 0 Å². The van der Waals surface area contributed by atoms with Gasteiger partial charge in [0.2, 0.25) is 5.91 Å². The predicted octanol–water partition coefficient (Wildman–Crippen LogP) is 2.75. The van der Waals surface area contributed by atoms with E-state index in [2.05, 4.69) is 11.9 Å². The van der Waals surface area contributed by atoms with Gasteiger partial charge in [0.1, 0.15) is 11.6 Å². The maximum absolute atomic E-state index is 13.2. The smallest absolute Gasteiger partial charge is 0.230 e. The largest absolute Gasteiger partial charge is 0.352 e. The Balaban J connectivity index is 2.44. The van der Waals surface area contributed by atoms with Crippen LogP contribution in [0.1, 0.15) is 6.92 Å². The van der Waals surface area contributed by atoms with Crippen LogP contribution in [0.15, 0.2) is 35.2 Å². The molecule has 1 aromatic rings. The van der Waals surface area contributed by atoms with Crippen molar-refractivity contribution in [3.05, 3.63) is 42.0 Å². The molecular formula is C12H13F2NOS. The lowest BCUT2D eigenvalue weighted by Gasteiger charge is -2.05. The molecule has 1 amide bonds. The van der Waals surface area contributed by atoms with E-state index in [-0.39, 0.29) is 16.6 Å². The number of halogens is 2. The molecule has 0 fully saturated rings. The first kappa shape index (κ1) is 13.7. The zero-order chi connectivity index (χ0) is 12.8. The summed E-state index contributed by atoms with van der Waals surface area (Å²) in [5, 5.41) is 2.63. The molecule has 0 saturated carbocycles. The van der Waals surface area contributed by atoms with Gasteiger partial charge in [-0.2, -0.15) is 0 Å². The van der Waals surface area contributed by atoms with E-state index in [0.717, 1.165) is 29.5 Å². The molecule has 0 spiro atoms. The second-order valence-electron chi connectivity index (χ2n) is 3.60. The first-order chi connectivity index (χ1) is 7.99. The second-order valence-corrected chi connectivity index (χ2v) is 4.61. The van der Waals surface area contributed by atoms with Gasteiger partial charge in [-0.3, -0.25) is 4.79 Å². The molecule has 0 aromatic heterocycles. The van der Waals surface area contributed by atoms with E-state index >= 15 is 0 Å². The molecule has 5 heteroatoms. The van der Waals surface area contributed by atoms with Gasteiger partial charge in [0, 0.05) is 17.5 Å². The number of rotatable bonds is 5. The van der Waals surface area contributed by atoms with Gasteiger partial charge in [0.15, 0.2) is 0 Å². The molecule has 92 valence electrons. The van der Waals surface area contributed by atoms with Crippen molar-refractivity contribution >= 4 is 17.7 Å². The molecule has 0 heterocycles. The Labute approximate surface area is 103 Å². The molecule has 0 saturated heterocycles. The number of carbonyl (C=O) groups is 1. The Morgan fingerprint density at radius 2 is 2.18 bits per heavy atom. The fourth-order valence-electron chi connectivity index (χ4n) is 1.04. The van der Waals surface area contributed by atoms with E-state index in [9.17, 15) is 13.6 Å². The van der Waals surface area contributed by atoms with Crippen LogP contribution in [0, 0.1) is 11.6 Å². The minimum atomic E-state index is -0.650. The van der Waals surface area contributed by atoms with Crippen molar-refractivity contribution in [1.82, 2.24) is 5.32 Å². The van der Waals surface area contributed by atoms with E-state index < -0.39 is 11.6 Å². The Bertz CT molecular complexity index is 435. The molecule has 0 aliphatic heterocycles. The lowest BCUT2D eigenvalue weighted by molar-refractivity contribution is -0.118. The highest BCUT2D eigenvalue weighted by atomic mass is 32.2. The van der Waals surface area contributed by atoms with Gasteiger partial charge in [-0.25, -0.2) is 8.78 Å². The van der Waals surface area contributed by atoms with Crippen LogP contribution in [0.5, 0.6) is 0 Å². The van der Waals surface area contributed by atoms with E-state index in [1.165, 1.54) is 6.07 Å². The average molecular weight is 257 g/mol. The highest BCUT2D eigenvalue weighted by Crippen LogP contribution is 2.21. The standard InChI is InChI=1S/C12H13F2NOS/c1-8(2)6-15-12(16)7-17-11-4-3-9(13)5-10(11)14/h3-5H,1,6-7H2,2H3,(H,15,16). The third-order valence-corrected chi connectivity index (χ3v) is 2.89. The van der Waals surface area contributed by atoms with Crippen LogP contribution in [0.4, 0.5) is 8.78 Å². The van der Waals surface area contributed by atoms with Crippen molar-refractivity contribution in [2.45, 2.75) is 11.8 Å². The van der Waals surface area contributed by atoms with E-state index in [0.29, 0.717) is 6.54 Å². The summed E-state index contributed by atoms with van der Waals surface area (Å²) in [5.41, 5.74) is 0.844.